The summed E-state index contributed by atoms with van der Waals surface area (Å²) in [6.07, 6.45) is 1.51. The minimum absolute atomic E-state index is 0.0142. The first kappa shape index (κ1) is 16.6. The van der Waals surface area contributed by atoms with Gasteiger partial charge >= 0.3 is 0 Å². The second kappa shape index (κ2) is 6.54. The Labute approximate surface area is 124 Å². The van der Waals surface area contributed by atoms with Crippen molar-refractivity contribution in [1.29, 1.82) is 0 Å². The summed E-state index contributed by atoms with van der Waals surface area (Å²) >= 11 is 0. The van der Waals surface area contributed by atoms with E-state index >= 15 is 0 Å². The van der Waals surface area contributed by atoms with E-state index in [9.17, 15) is 18.7 Å². The molecule has 1 amide bonds. The Morgan fingerprint density at radius 3 is 2.38 bits per heavy atom. The smallest absolute Gasteiger partial charge is 0.250 e. The van der Waals surface area contributed by atoms with Gasteiger partial charge in [-0.3, -0.25) is 4.79 Å². The molecule has 0 bridgehead atoms. The van der Waals surface area contributed by atoms with Crippen LogP contribution in [0.4, 0.5) is 8.78 Å². The molecule has 7 heteroatoms. The van der Waals surface area contributed by atoms with Crippen LogP contribution < -0.4 is 5.73 Å². The minimum Gasteiger partial charge on any atom is -0.388 e. The van der Waals surface area contributed by atoms with Crippen molar-refractivity contribution in [1.82, 2.24) is 9.80 Å². The van der Waals surface area contributed by atoms with Gasteiger partial charge in [0.25, 0.3) is 5.92 Å². The van der Waals surface area contributed by atoms with Gasteiger partial charge in [-0.25, -0.2) is 8.78 Å². The third-order valence-corrected chi connectivity index (χ3v) is 4.55. The number of carbonyl (C=O) groups is 1. The predicted molar refractivity (Wildman–Crippen MR) is 75.1 cm³/mol. The average molecular weight is 305 g/mol. The van der Waals surface area contributed by atoms with Crippen LogP contribution in [0.25, 0.3) is 0 Å². The van der Waals surface area contributed by atoms with E-state index in [-0.39, 0.29) is 25.3 Å². The van der Waals surface area contributed by atoms with E-state index in [2.05, 4.69) is 0 Å². The summed E-state index contributed by atoms with van der Waals surface area (Å²) in [5, 5.41) is 10.7. The first-order valence-electron chi connectivity index (χ1n) is 7.64. The molecular weight excluding hydrogens is 280 g/mol. The van der Waals surface area contributed by atoms with Gasteiger partial charge in [-0.15, -0.1) is 0 Å². The number of carbonyl (C=O) groups excluding carboxylic acids is 1. The monoisotopic (exact) mass is 305 g/mol. The summed E-state index contributed by atoms with van der Waals surface area (Å²) in [5.41, 5.74) is 4.47. The Morgan fingerprint density at radius 1 is 1.10 bits per heavy atom. The minimum atomic E-state index is -2.56. The molecule has 2 heterocycles. The van der Waals surface area contributed by atoms with Crippen LogP contribution in [0.2, 0.25) is 0 Å². The lowest BCUT2D eigenvalue weighted by Crippen LogP contribution is -2.48. The maximum atomic E-state index is 13.2. The van der Waals surface area contributed by atoms with E-state index in [0.29, 0.717) is 52.0 Å². The van der Waals surface area contributed by atoms with Crippen molar-refractivity contribution in [3.63, 3.8) is 0 Å². The van der Waals surface area contributed by atoms with Crippen LogP contribution >= 0.6 is 0 Å². The van der Waals surface area contributed by atoms with Gasteiger partial charge in [0.2, 0.25) is 5.91 Å². The SMILES string of the molecule is NCC(=O)N1CCC[C@](O)(CN2CCC(F)(F)CC2)CC1. The first-order valence-corrected chi connectivity index (χ1v) is 7.64. The van der Waals surface area contributed by atoms with Crippen molar-refractivity contribution in [2.24, 2.45) is 5.73 Å². The van der Waals surface area contributed by atoms with Crippen molar-refractivity contribution in [3.05, 3.63) is 0 Å². The van der Waals surface area contributed by atoms with E-state index in [1.54, 1.807) is 4.90 Å². The lowest BCUT2D eigenvalue weighted by atomic mass is 9.93. The normalized spacial score (nSPS) is 31.0. The van der Waals surface area contributed by atoms with Gasteiger partial charge in [-0.2, -0.15) is 0 Å². The van der Waals surface area contributed by atoms with Crippen molar-refractivity contribution < 1.29 is 18.7 Å². The van der Waals surface area contributed by atoms with E-state index < -0.39 is 11.5 Å². The van der Waals surface area contributed by atoms with Gasteiger partial charge in [0.1, 0.15) is 0 Å². The molecule has 0 saturated carbocycles. The first-order chi connectivity index (χ1) is 9.84. The molecule has 0 radical (unpaired) electrons. The molecule has 1 atom stereocenters. The van der Waals surface area contributed by atoms with Gasteiger partial charge in [-0.05, 0) is 19.3 Å². The zero-order chi connectivity index (χ0) is 15.5. The molecule has 21 heavy (non-hydrogen) atoms. The predicted octanol–water partition coefficient (Wildman–Crippen LogP) is 0.420. The highest BCUT2D eigenvalue weighted by atomic mass is 19.3. The summed E-state index contributed by atoms with van der Waals surface area (Å²) in [6.45, 7) is 2.13. The summed E-state index contributed by atoms with van der Waals surface area (Å²) in [4.78, 5) is 15.2. The molecule has 5 nitrogen and oxygen atoms in total. The number of likely N-dealkylation sites (tertiary alicyclic amines) is 2. The number of alkyl halides is 2. The quantitative estimate of drug-likeness (QED) is 0.793. The lowest BCUT2D eigenvalue weighted by molar-refractivity contribution is -0.129. The molecule has 2 aliphatic heterocycles. The Bertz CT molecular complexity index is 371. The number of hydrogen-bond acceptors (Lipinski definition) is 4. The number of rotatable bonds is 3. The molecule has 2 saturated heterocycles. The van der Waals surface area contributed by atoms with E-state index in [1.807, 2.05) is 4.90 Å². The van der Waals surface area contributed by atoms with Crippen LogP contribution in [0, 0.1) is 0 Å². The highest BCUT2D eigenvalue weighted by Crippen LogP contribution is 2.30. The molecule has 0 aromatic carbocycles. The number of halogens is 2. The molecule has 2 fully saturated rings. The standard InChI is InChI=1S/C14H25F2N3O2/c15-14(16)4-7-18(8-5-14)11-13(21)2-1-6-19(9-3-13)12(20)10-17/h21H,1-11,17H2/t13-/m1/s1. The Kier molecular flexibility index (Phi) is 5.16. The number of β-amino-alcohol motifs (C(OH)–C–C–N with tert-alkyl or cyclic N) is 1. The van der Waals surface area contributed by atoms with Crippen LogP contribution in [0.15, 0.2) is 0 Å². The lowest BCUT2D eigenvalue weighted by Gasteiger charge is -2.37. The van der Waals surface area contributed by atoms with Crippen molar-refractivity contribution >= 4 is 5.91 Å². The highest BCUT2D eigenvalue weighted by Gasteiger charge is 2.38. The highest BCUT2D eigenvalue weighted by molar-refractivity contribution is 5.78. The van der Waals surface area contributed by atoms with Crippen LogP contribution in [0.1, 0.15) is 32.1 Å². The van der Waals surface area contributed by atoms with E-state index in [1.165, 1.54) is 0 Å². The third kappa shape index (κ3) is 4.59. The molecule has 3 N–H and O–H groups in total. The van der Waals surface area contributed by atoms with Crippen molar-refractivity contribution in [3.8, 4) is 0 Å². The second-order valence-electron chi connectivity index (χ2n) is 6.29. The summed E-state index contributed by atoms with van der Waals surface area (Å²) < 4.78 is 26.3. The van der Waals surface area contributed by atoms with E-state index in [4.69, 9.17) is 5.73 Å². The molecule has 2 aliphatic rings. The van der Waals surface area contributed by atoms with Gasteiger partial charge in [0, 0.05) is 45.6 Å². The summed E-state index contributed by atoms with van der Waals surface area (Å²) in [5.74, 6) is -2.66. The number of nitrogens with zero attached hydrogens (tertiary/aromatic N) is 2. The largest absolute Gasteiger partial charge is 0.388 e. The third-order valence-electron chi connectivity index (χ3n) is 4.55. The number of piperidine rings is 1. The summed E-state index contributed by atoms with van der Waals surface area (Å²) in [6, 6.07) is 0. The summed E-state index contributed by atoms with van der Waals surface area (Å²) in [7, 11) is 0. The Hall–Kier alpha value is -0.790. The maximum Gasteiger partial charge on any atom is 0.250 e. The van der Waals surface area contributed by atoms with Gasteiger partial charge in [0.05, 0.1) is 12.1 Å². The molecule has 122 valence electrons. The fourth-order valence-electron chi connectivity index (χ4n) is 3.17. The molecule has 0 aliphatic carbocycles. The average Bonchev–Trinajstić information content (AvgIpc) is 2.63. The topological polar surface area (TPSA) is 69.8 Å². The number of hydrogen-bond donors (Lipinski definition) is 2. The van der Waals surface area contributed by atoms with Gasteiger partial charge in [0.15, 0.2) is 0 Å². The Balaban J connectivity index is 1.86. The number of aliphatic hydroxyl groups is 1. The van der Waals surface area contributed by atoms with Gasteiger partial charge < -0.3 is 20.6 Å². The van der Waals surface area contributed by atoms with Crippen LogP contribution in [-0.2, 0) is 4.79 Å². The van der Waals surface area contributed by atoms with Crippen LogP contribution in [0.3, 0.4) is 0 Å². The second-order valence-corrected chi connectivity index (χ2v) is 6.29. The van der Waals surface area contributed by atoms with Crippen LogP contribution in [-0.4, -0.2) is 71.6 Å². The van der Waals surface area contributed by atoms with Crippen molar-refractivity contribution in [2.45, 2.75) is 43.6 Å². The number of nitrogens with two attached hydrogens (primary N) is 1. The maximum absolute atomic E-state index is 13.2. The molecule has 0 spiro atoms. The Morgan fingerprint density at radius 2 is 1.76 bits per heavy atom. The van der Waals surface area contributed by atoms with Crippen molar-refractivity contribution in [2.75, 3.05) is 39.3 Å². The zero-order valence-electron chi connectivity index (χ0n) is 12.4. The zero-order valence-corrected chi connectivity index (χ0v) is 12.4. The fraction of sp³-hybridized carbons (Fsp3) is 0.929. The molecule has 0 unspecified atom stereocenters. The van der Waals surface area contributed by atoms with Gasteiger partial charge in [-0.1, -0.05) is 0 Å². The molecule has 0 aromatic heterocycles. The van der Waals surface area contributed by atoms with Crippen LogP contribution in [0.5, 0.6) is 0 Å². The molecule has 0 aromatic rings. The van der Waals surface area contributed by atoms with E-state index in [0.717, 1.165) is 0 Å². The fourth-order valence-corrected chi connectivity index (χ4v) is 3.17. The number of amides is 1. The molecular formula is C14H25F2N3O2. The molecule has 2 rings (SSSR count).